The topological polar surface area (TPSA) is 86.6 Å². The van der Waals surface area contributed by atoms with Crippen molar-refractivity contribution in [2.75, 3.05) is 0 Å². The van der Waals surface area contributed by atoms with Crippen molar-refractivity contribution in [3.05, 3.63) is 52.4 Å². The predicted molar refractivity (Wildman–Crippen MR) is 124 cm³/mol. The van der Waals surface area contributed by atoms with E-state index >= 15 is 0 Å². The van der Waals surface area contributed by atoms with Crippen LogP contribution in [0.1, 0.15) is 49.7 Å². The van der Waals surface area contributed by atoms with Gasteiger partial charge >= 0.3 is 0 Å². The molecule has 32 heavy (non-hydrogen) atoms. The molecule has 0 spiro atoms. The highest BCUT2D eigenvalue weighted by atomic mass is 32.2. The Labute approximate surface area is 190 Å². The van der Waals surface area contributed by atoms with E-state index in [1.807, 2.05) is 18.2 Å². The maximum atomic E-state index is 11.8. The van der Waals surface area contributed by atoms with E-state index in [2.05, 4.69) is 11.4 Å². The fourth-order valence-electron chi connectivity index (χ4n) is 7.02. The summed E-state index contributed by atoms with van der Waals surface area (Å²) in [4.78, 5) is 23.5. The Morgan fingerprint density at radius 3 is 2.19 bits per heavy atom. The number of carbonyl (C=O) groups excluding carboxylic acids is 2. The van der Waals surface area contributed by atoms with Crippen molar-refractivity contribution in [3.63, 3.8) is 0 Å². The normalized spacial score (nSPS) is 32.0. The van der Waals surface area contributed by atoms with Crippen LogP contribution < -0.4 is 5.32 Å². The van der Waals surface area contributed by atoms with Gasteiger partial charge in [0, 0.05) is 11.1 Å². The van der Waals surface area contributed by atoms with Crippen molar-refractivity contribution in [2.24, 2.45) is 17.8 Å². The van der Waals surface area contributed by atoms with Crippen molar-refractivity contribution >= 4 is 29.0 Å². The van der Waals surface area contributed by atoms with Gasteiger partial charge in [-0.15, -0.1) is 0 Å². The lowest BCUT2D eigenvalue weighted by Crippen LogP contribution is -2.48. The Kier molecular flexibility index (Phi) is 4.44. The van der Waals surface area contributed by atoms with E-state index in [4.69, 9.17) is 0 Å². The molecule has 164 valence electrons. The summed E-state index contributed by atoms with van der Waals surface area (Å²) < 4.78 is 0. The molecule has 2 amide bonds. The summed E-state index contributed by atoms with van der Waals surface area (Å²) in [5.74, 6) is 2.40. The molecule has 4 aliphatic carbocycles. The second-order valence-corrected chi connectivity index (χ2v) is 11.1. The van der Waals surface area contributed by atoms with E-state index in [0.717, 1.165) is 59.9 Å². The number of hydrogen-bond acceptors (Lipinski definition) is 5. The van der Waals surface area contributed by atoms with E-state index in [-0.39, 0.29) is 16.4 Å². The van der Waals surface area contributed by atoms with Gasteiger partial charge in [0.15, 0.2) is 0 Å². The van der Waals surface area contributed by atoms with Crippen LogP contribution in [0.2, 0.25) is 0 Å². The highest BCUT2D eigenvalue weighted by molar-refractivity contribution is 8.18. The van der Waals surface area contributed by atoms with E-state index in [1.54, 1.807) is 18.2 Å². The molecule has 0 radical (unpaired) electrons. The zero-order valence-electron chi connectivity index (χ0n) is 17.6. The summed E-state index contributed by atoms with van der Waals surface area (Å²) in [6, 6.07) is 11.0. The minimum atomic E-state index is -0.415. The lowest BCUT2D eigenvalue weighted by Gasteiger charge is -2.57. The van der Waals surface area contributed by atoms with Crippen LogP contribution in [0.25, 0.3) is 17.2 Å². The Morgan fingerprint density at radius 1 is 0.906 bits per heavy atom. The second-order valence-electron chi connectivity index (χ2n) is 10.1. The van der Waals surface area contributed by atoms with Crippen LogP contribution in [0.4, 0.5) is 4.79 Å². The van der Waals surface area contributed by atoms with Crippen LogP contribution in [-0.4, -0.2) is 21.4 Å². The van der Waals surface area contributed by atoms with Gasteiger partial charge in [-0.25, -0.2) is 0 Å². The summed E-state index contributed by atoms with van der Waals surface area (Å²) in [7, 11) is 0. The van der Waals surface area contributed by atoms with E-state index < -0.39 is 5.91 Å². The average Bonchev–Trinajstić information content (AvgIpc) is 3.04. The molecule has 7 rings (SSSR count). The molecule has 4 saturated carbocycles. The van der Waals surface area contributed by atoms with Crippen LogP contribution in [0, 0.1) is 17.8 Å². The SMILES string of the molecule is O=C1NC(=O)C(=Cc2ccc(-c3ccc(O)c(C45CC6CC(CC(C6)C4)C5)c3)c(O)c2)S1. The zero-order chi connectivity index (χ0) is 22.0. The largest absolute Gasteiger partial charge is 0.508 e. The smallest absolute Gasteiger partial charge is 0.290 e. The molecule has 2 aromatic carbocycles. The average molecular weight is 448 g/mol. The van der Waals surface area contributed by atoms with E-state index in [0.29, 0.717) is 21.8 Å². The summed E-state index contributed by atoms with van der Waals surface area (Å²) in [6.07, 6.45) is 9.12. The second kappa shape index (κ2) is 7.14. The number of phenolic OH excluding ortho intramolecular Hbond substituents is 2. The van der Waals surface area contributed by atoms with Gasteiger partial charge in [0.05, 0.1) is 4.91 Å². The summed E-state index contributed by atoms with van der Waals surface area (Å²) >= 11 is 0.858. The Hall–Kier alpha value is -2.73. The van der Waals surface area contributed by atoms with Crippen LogP contribution in [-0.2, 0) is 10.2 Å². The number of thioether (sulfide) groups is 1. The third-order valence-corrected chi connectivity index (χ3v) is 8.69. The van der Waals surface area contributed by atoms with E-state index in [1.165, 1.54) is 19.3 Å². The summed E-state index contributed by atoms with van der Waals surface area (Å²) in [6.45, 7) is 0. The number of benzene rings is 2. The van der Waals surface area contributed by atoms with Crippen molar-refractivity contribution in [3.8, 4) is 22.6 Å². The Morgan fingerprint density at radius 2 is 1.59 bits per heavy atom. The molecular weight excluding hydrogens is 422 g/mol. The van der Waals surface area contributed by atoms with Crippen LogP contribution in [0.3, 0.4) is 0 Å². The molecular formula is C26H25NO4S. The molecule has 5 nitrogen and oxygen atoms in total. The number of rotatable bonds is 3. The Bertz CT molecular complexity index is 1150. The first-order chi connectivity index (χ1) is 15.4. The first-order valence-corrected chi connectivity index (χ1v) is 12.1. The van der Waals surface area contributed by atoms with Gasteiger partial charge < -0.3 is 10.2 Å². The molecule has 1 aliphatic heterocycles. The third-order valence-electron chi connectivity index (χ3n) is 7.88. The minimum absolute atomic E-state index is 0.0639. The highest BCUT2D eigenvalue weighted by Gasteiger charge is 2.52. The first kappa shape index (κ1) is 19.9. The standard InChI is InChI=1S/C26H25NO4S/c28-21-4-2-18(10-20(21)26-11-15-5-16(12-26)7-17(6-15)13-26)19-3-1-14(8-22(19)29)9-23-24(30)27-25(31)32-23/h1-4,8-10,15-17,28-29H,5-7,11-13H2,(H,27,30,31). The van der Waals surface area contributed by atoms with Gasteiger partial charge in [0.25, 0.3) is 11.1 Å². The maximum absolute atomic E-state index is 11.8. The van der Waals surface area contributed by atoms with Gasteiger partial charge in [-0.1, -0.05) is 18.2 Å². The summed E-state index contributed by atoms with van der Waals surface area (Å²) in [5, 5.41) is 23.4. The molecule has 0 atom stereocenters. The molecule has 6 heteroatoms. The molecule has 1 saturated heterocycles. The third kappa shape index (κ3) is 3.24. The van der Waals surface area contributed by atoms with Gasteiger partial charge in [0.1, 0.15) is 11.5 Å². The molecule has 5 fully saturated rings. The van der Waals surface area contributed by atoms with Crippen molar-refractivity contribution in [2.45, 2.75) is 43.9 Å². The maximum Gasteiger partial charge on any atom is 0.290 e. The molecule has 2 aromatic rings. The fraction of sp³-hybridized carbons (Fsp3) is 0.385. The first-order valence-electron chi connectivity index (χ1n) is 11.3. The van der Waals surface area contributed by atoms with Gasteiger partial charge in [0.2, 0.25) is 0 Å². The lowest BCUT2D eigenvalue weighted by molar-refractivity contribution is -0.115. The van der Waals surface area contributed by atoms with Gasteiger partial charge in [-0.2, -0.15) is 0 Å². The number of nitrogens with one attached hydrogen (secondary N) is 1. The van der Waals surface area contributed by atoms with Crippen LogP contribution >= 0.6 is 11.8 Å². The molecule has 1 heterocycles. The number of amides is 2. The molecule has 5 aliphatic rings. The fourth-order valence-corrected chi connectivity index (χ4v) is 7.71. The number of carbonyl (C=O) groups is 2. The van der Waals surface area contributed by atoms with Gasteiger partial charge in [-0.3, -0.25) is 14.9 Å². The van der Waals surface area contributed by atoms with Crippen LogP contribution in [0.15, 0.2) is 41.3 Å². The Balaban J connectivity index is 1.35. The molecule has 0 aromatic heterocycles. The van der Waals surface area contributed by atoms with Crippen molar-refractivity contribution in [1.82, 2.24) is 5.32 Å². The van der Waals surface area contributed by atoms with Crippen molar-refractivity contribution in [1.29, 1.82) is 0 Å². The number of phenols is 2. The molecule has 0 unspecified atom stereocenters. The lowest BCUT2D eigenvalue weighted by atomic mass is 9.48. The van der Waals surface area contributed by atoms with E-state index in [9.17, 15) is 19.8 Å². The minimum Gasteiger partial charge on any atom is -0.508 e. The molecule has 3 N–H and O–H groups in total. The van der Waals surface area contributed by atoms with Crippen molar-refractivity contribution < 1.29 is 19.8 Å². The highest BCUT2D eigenvalue weighted by Crippen LogP contribution is 2.62. The zero-order valence-corrected chi connectivity index (χ0v) is 18.5. The number of imide groups is 1. The quantitative estimate of drug-likeness (QED) is 0.537. The molecule has 4 bridgehead atoms. The summed E-state index contributed by atoms with van der Waals surface area (Å²) in [5.41, 5.74) is 3.33. The number of hydrogen-bond donors (Lipinski definition) is 3. The van der Waals surface area contributed by atoms with Gasteiger partial charge in [-0.05, 0) is 109 Å². The predicted octanol–water partition coefficient (Wildman–Crippen LogP) is 5.56. The monoisotopic (exact) mass is 447 g/mol. The van der Waals surface area contributed by atoms with Crippen LogP contribution in [0.5, 0.6) is 11.5 Å². The number of aromatic hydroxyl groups is 2.